The van der Waals surface area contributed by atoms with Gasteiger partial charge >= 0.3 is 0 Å². The second kappa shape index (κ2) is 7.47. The van der Waals surface area contributed by atoms with E-state index in [1.54, 1.807) is 18.2 Å². The van der Waals surface area contributed by atoms with Gasteiger partial charge in [0.25, 0.3) is 5.91 Å². The number of aliphatic hydroxyl groups is 1. The van der Waals surface area contributed by atoms with E-state index in [0.717, 1.165) is 5.56 Å². The summed E-state index contributed by atoms with van der Waals surface area (Å²) in [6, 6.07) is 12.7. The van der Waals surface area contributed by atoms with E-state index < -0.39 is 0 Å². The van der Waals surface area contributed by atoms with Crippen LogP contribution in [0.4, 0.5) is 5.69 Å². The van der Waals surface area contributed by atoms with Crippen LogP contribution in [0.25, 0.3) is 0 Å². The van der Waals surface area contributed by atoms with Gasteiger partial charge in [-0.1, -0.05) is 29.8 Å². The Labute approximate surface area is 129 Å². The van der Waals surface area contributed by atoms with Crippen LogP contribution in [-0.2, 0) is 11.4 Å². The van der Waals surface area contributed by atoms with Crippen LogP contribution in [0.5, 0.6) is 11.5 Å². The molecule has 0 atom stereocenters. The second-order valence-corrected chi connectivity index (χ2v) is 4.81. The number of hydrogen-bond acceptors (Lipinski definition) is 4. The highest BCUT2D eigenvalue weighted by Crippen LogP contribution is 2.31. The summed E-state index contributed by atoms with van der Waals surface area (Å²) in [7, 11) is 1.51. The highest BCUT2D eigenvalue weighted by molar-refractivity contribution is 5.91. The molecule has 0 unspecified atom stereocenters. The summed E-state index contributed by atoms with van der Waals surface area (Å²) in [5.41, 5.74) is 2.40. The number of benzene rings is 2. The van der Waals surface area contributed by atoms with Crippen molar-refractivity contribution in [3.63, 3.8) is 0 Å². The number of amides is 1. The Hall–Kier alpha value is -2.53. The lowest BCUT2D eigenvalue weighted by atomic mass is 10.2. The second-order valence-electron chi connectivity index (χ2n) is 4.81. The van der Waals surface area contributed by atoms with E-state index in [0.29, 0.717) is 22.7 Å². The lowest BCUT2D eigenvalue weighted by molar-refractivity contribution is -0.118. The number of ether oxygens (including phenoxy) is 2. The summed E-state index contributed by atoms with van der Waals surface area (Å²) in [5.74, 6) is 0.583. The molecule has 0 bridgehead atoms. The lowest BCUT2D eigenvalue weighted by Crippen LogP contribution is -2.20. The maximum absolute atomic E-state index is 11.9. The molecule has 0 saturated heterocycles. The van der Waals surface area contributed by atoms with Crippen LogP contribution in [0.1, 0.15) is 11.1 Å². The van der Waals surface area contributed by atoms with Crippen LogP contribution in [0.3, 0.4) is 0 Å². The van der Waals surface area contributed by atoms with Crippen LogP contribution >= 0.6 is 0 Å². The van der Waals surface area contributed by atoms with Gasteiger partial charge in [-0.15, -0.1) is 0 Å². The van der Waals surface area contributed by atoms with Gasteiger partial charge in [-0.25, -0.2) is 0 Å². The normalized spacial score (nSPS) is 10.1. The van der Waals surface area contributed by atoms with Crippen molar-refractivity contribution in [2.75, 3.05) is 19.0 Å². The molecule has 0 aliphatic rings. The van der Waals surface area contributed by atoms with Gasteiger partial charge in [-0.05, 0) is 25.1 Å². The van der Waals surface area contributed by atoms with E-state index >= 15 is 0 Å². The first kappa shape index (κ1) is 15.9. The Morgan fingerprint density at radius 2 is 1.91 bits per heavy atom. The lowest BCUT2D eigenvalue weighted by Gasteiger charge is -2.14. The molecular formula is C17H19NO4. The Morgan fingerprint density at radius 3 is 2.55 bits per heavy atom. The van der Waals surface area contributed by atoms with Gasteiger partial charge in [0.2, 0.25) is 0 Å². The summed E-state index contributed by atoms with van der Waals surface area (Å²) in [6.07, 6.45) is 0. The van der Waals surface area contributed by atoms with E-state index in [1.807, 2.05) is 31.2 Å². The first-order valence-corrected chi connectivity index (χ1v) is 6.90. The van der Waals surface area contributed by atoms with Crippen molar-refractivity contribution in [1.29, 1.82) is 0 Å². The molecule has 0 spiro atoms. The maximum Gasteiger partial charge on any atom is 0.262 e. The fourth-order valence-electron chi connectivity index (χ4n) is 1.98. The zero-order valence-corrected chi connectivity index (χ0v) is 12.6. The quantitative estimate of drug-likeness (QED) is 0.860. The molecule has 22 heavy (non-hydrogen) atoms. The number of nitrogens with one attached hydrogen (secondary N) is 1. The van der Waals surface area contributed by atoms with Gasteiger partial charge < -0.3 is 19.9 Å². The fraction of sp³-hybridized carbons (Fsp3) is 0.235. The first-order valence-electron chi connectivity index (χ1n) is 6.90. The smallest absolute Gasteiger partial charge is 0.262 e. The third kappa shape index (κ3) is 3.99. The van der Waals surface area contributed by atoms with Crippen molar-refractivity contribution in [1.82, 2.24) is 0 Å². The SMILES string of the molecule is COc1cccc(CO)c1OCC(=O)Nc1ccc(C)cc1. The van der Waals surface area contributed by atoms with Crippen LogP contribution in [-0.4, -0.2) is 24.7 Å². The van der Waals surface area contributed by atoms with Crippen LogP contribution < -0.4 is 14.8 Å². The Bertz CT molecular complexity index is 615. The number of anilines is 1. The summed E-state index contributed by atoms with van der Waals surface area (Å²) in [6.45, 7) is 1.63. The van der Waals surface area contributed by atoms with Crippen molar-refractivity contribution in [3.05, 3.63) is 53.6 Å². The number of rotatable bonds is 6. The molecule has 2 rings (SSSR count). The molecule has 0 aliphatic heterocycles. The molecule has 0 aromatic heterocycles. The number of hydrogen-bond donors (Lipinski definition) is 2. The molecule has 2 N–H and O–H groups in total. The first-order chi connectivity index (χ1) is 10.6. The molecule has 5 nitrogen and oxygen atoms in total. The minimum atomic E-state index is -0.279. The van der Waals surface area contributed by atoms with Gasteiger partial charge in [0, 0.05) is 11.3 Å². The van der Waals surface area contributed by atoms with Crippen molar-refractivity contribution in [2.24, 2.45) is 0 Å². The van der Waals surface area contributed by atoms with Crippen LogP contribution in [0, 0.1) is 6.92 Å². The van der Waals surface area contributed by atoms with E-state index in [9.17, 15) is 9.90 Å². The van der Waals surface area contributed by atoms with Gasteiger partial charge in [0.05, 0.1) is 13.7 Å². The van der Waals surface area contributed by atoms with Crippen molar-refractivity contribution in [3.8, 4) is 11.5 Å². The number of methoxy groups -OCH3 is 1. The number of carbonyl (C=O) groups is 1. The molecule has 1 amide bonds. The minimum absolute atomic E-state index is 0.165. The molecule has 5 heteroatoms. The largest absolute Gasteiger partial charge is 0.493 e. The Morgan fingerprint density at radius 1 is 1.18 bits per heavy atom. The number of aliphatic hydroxyl groups excluding tert-OH is 1. The average molecular weight is 301 g/mol. The van der Waals surface area contributed by atoms with E-state index in [1.165, 1.54) is 7.11 Å². The van der Waals surface area contributed by atoms with Gasteiger partial charge in [0.1, 0.15) is 0 Å². The molecule has 116 valence electrons. The highest BCUT2D eigenvalue weighted by Gasteiger charge is 2.12. The third-order valence-corrected chi connectivity index (χ3v) is 3.13. The van der Waals surface area contributed by atoms with E-state index in [2.05, 4.69) is 5.32 Å². The van der Waals surface area contributed by atoms with Crippen molar-refractivity contribution in [2.45, 2.75) is 13.5 Å². The molecule has 0 radical (unpaired) electrons. The van der Waals surface area contributed by atoms with Crippen molar-refractivity contribution >= 4 is 11.6 Å². The average Bonchev–Trinajstić information content (AvgIpc) is 2.54. The van der Waals surface area contributed by atoms with Crippen LogP contribution in [0.15, 0.2) is 42.5 Å². The van der Waals surface area contributed by atoms with Crippen molar-refractivity contribution < 1.29 is 19.4 Å². The van der Waals surface area contributed by atoms with E-state index in [4.69, 9.17) is 9.47 Å². The topological polar surface area (TPSA) is 67.8 Å². The molecular weight excluding hydrogens is 282 g/mol. The Balaban J connectivity index is 2.00. The zero-order chi connectivity index (χ0) is 15.9. The third-order valence-electron chi connectivity index (χ3n) is 3.13. The molecule has 0 aliphatic carbocycles. The predicted molar refractivity (Wildman–Crippen MR) is 84.2 cm³/mol. The summed E-state index contributed by atoms with van der Waals surface area (Å²) >= 11 is 0. The number of carbonyl (C=O) groups excluding carboxylic acids is 1. The van der Waals surface area contributed by atoms with Gasteiger partial charge in [-0.2, -0.15) is 0 Å². The summed E-state index contributed by atoms with van der Waals surface area (Å²) in [5, 5.41) is 12.1. The fourth-order valence-corrected chi connectivity index (χ4v) is 1.98. The van der Waals surface area contributed by atoms with Gasteiger partial charge in [0.15, 0.2) is 18.1 Å². The molecule has 0 saturated carbocycles. The van der Waals surface area contributed by atoms with Crippen LogP contribution in [0.2, 0.25) is 0 Å². The summed E-state index contributed by atoms with van der Waals surface area (Å²) < 4.78 is 10.7. The highest BCUT2D eigenvalue weighted by atomic mass is 16.5. The summed E-state index contributed by atoms with van der Waals surface area (Å²) in [4.78, 5) is 11.9. The molecule has 0 fully saturated rings. The maximum atomic E-state index is 11.9. The van der Waals surface area contributed by atoms with E-state index in [-0.39, 0.29) is 19.1 Å². The molecule has 0 heterocycles. The number of aryl methyl sites for hydroxylation is 1. The predicted octanol–water partition coefficient (Wildman–Crippen LogP) is 2.51. The monoisotopic (exact) mass is 301 g/mol. The van der Waals surface area contributed by atoms with Gasteiger partial charge in [-0.3, -0.25) is 4.79 Å². The molecule has 2 aromatic carbocycles. The number of para-hydroxylation sites is 1. The minimum Gasteiger partial charge on any atom is -0.493 e. The molecule has 2 aromatic rings. The Kier molecular flexibility index (Phi) is 5.38. The standard InChI is InChI=1S/C17H19NO4/c1-12-6-8-14(9-7-12)18-16(20)11-22-17-13(10-19)4-3-5-15(17)21-2/h3-9,19H,10-11H2,1-2H3,(H,18,20). The zero-order valence-electron chi connectivity index (χ0n) is 12.6.